The van der Waals surface area contributed by atoms with Crippen molar-refractivity contribution >= 4 is 10.0 Å². The standard InChI is InChI=1S/C13H23N5O2S/c1-10-13(12(16-15-10)9-14-11-5-6-11)21(19,20)17-18-7-3-2-4-8-18/h11,14,17H,2-9H2,1H3,(H,15,16). The fraction of sp³-hybridized carbons (Fsp3) is 0.769. The van der Waals surface area contributed by atoms with Gasteiger partial charge in [-0.05, 0) is 32.6 Å². The lowest BCUT2D eigenvalue weighted by molar-refractivity contribution is 0.200. The first-order valence-electron chi connectivity index (χ1n) is 7.61. The summed E-state index contributed by atoms with van der Waals surface area (Å²) < 4.78 is 25.2. The Morgan fingerprint density at radius 1 is 1.29 bits per heavy atom. The fourth-order valence-electron chi connectivity index (χ4n) is 2.68. The van der Waals surface area contributed by atoms with Crippen LogP contribution in [0.4, 0.5) is 0 Å². The molecule has 1 aromatic rings. The number of piperidine rings is 1. The number of hydrogen-bond acceptors (Lipinski definition) is 5. The first kappa shape index (κ1) is 15.0. The van der Waals surface area contributed by atoms with Crippen LogP contribution in [0, 0.1) is 6.92 Å². The molecule has 8 heteroatoms. The number of aryl methyl sites for hydroxylation is 1. The molecule has 0 aromatic carbocycles. The molecule has 7 nitrogen and oxygen atoms in total. The second-order valence-corrected chi connectivity index (χ2v) is 7.52. The molecule has 0 bridgehead atoms. The Balaban J connectivity index is 1.74. The number of hydrazine groups is 1. The van der Waals surface area contributed by atoms with E-state index >= 15 is 0 Å². The van der Waals surface area contributed by atoms with Gasteiger partial charge in [0.1, 0.15) is 4.90 Å². The molecule has 3 N–H and O–H groups in total. The van der Waals surface area contributed by atoms with E-state index in [9.17, 15) is 8.42 Å². The largest absolute Gasteiger partial charge is 0.308 e. The van der Waals surface area contributed by atoms with Crippen LogP contribution in [0.5, 0.6) is 0 Å². The van der Waals surface area contributed by atoms with Crippen molar-refractivity contribution in [1.82, 2.24) is 25.4 Å². The monoisotopic (exact) mass is 313 g/mol. The minimum atomic E-state index is -3.56. The van der Waals surface area contributed by atoms with Gasteiger partial charge in [-0.1, -0.05) is 6.42 Å². The van der Waals surface area contributed by atoms with Gasteiger partial charge in [0.05, 0.1) is 11.4 Å². The van der Waals surface area contributed by atoms with Crippen LogP contribution in [0.2, 0.25) is 0 Å². The summed E-state index contributed by atoms with van der Waals surface area (Å²) in [4.78, 5) is 2.99. The van der Waals surface area contributed by atoms with Crippen LogP contribution in [-0.4, -0.2) is 42.8 Å². The van der Waals surface area contributed by atoms with Gasteiger partial charge in [-0.2, -0.15) is 5.10 Å². The third kappa shape index (κ3) is 3.63. The predicted octanol–water partition coefficient (Wildman–Crippen LogP) is 0.649. The molecular formula is C13H23N5O2S. The maximum atomic E-state index is 12.6. The molecule has 3 rings (SSSR count). The highest BCUT2D eigenvalue weighted by Crippen LogP contribution is 2.22. The second-order valence-electron chi connectivity index (χ2n) is 5.92. The van der Waals surface area contributed by atoms with E-state index in [1.165, 1.54) is 6.42 Å². The lowest BCUT2D eigenvalue weighted by atomic mass is 10.2. The van der Waals surface area contributed by atoms with Crippen molar-refractivity contribution in [2.24, 2.45) is 0 Å². The lowest BCUT2D eigenvalue weighted by Crippen LogP contribution is -2.45. The number of H-pyrrole nitrogens is 1. The summed E-state index contributed by atoms with van der Waals surface area (Å²) in [6.45, 7) is 3.78. The summed E-state index contributed by atoms with van der Waals surface area (Å²) in [6, 6.07) is 0.521. The molecule has 0 atom stereocenters. The Labute approximate surface area is 125 Å². The van der Waals surface area contributed by atoms with Crippen LogP contribution in [0.1, 0.15) is 43.5 Å². The molecule has 2 heterocycles. The molecule has 1 saturated heterocycles. The Bertz CT molecular complexity index is 588. The number of rotatable bonds is 6. The van der Waals surface area contributed by atoms with Gasteiger partial charge in [-0.3, -0.25) is 5.10 Å². The minimum Gasteiger partial charge on any atom is -0.308 e. The summed E-state index contributed by atoms with van der Waals surface area (Å²) in [5, 5.41) is 12.1. The van der Waals surface area contributed by atoms with Crippen molar-refractivity contribution in [1.29, 1.82) is 0 Å². The van der Waals surface area contributed by atoms with Crippen molar-refractivity contribution in [2.75, 3.05) is 13.1 Å². The average Bonchev–Trinajstić information content (AvgIpc) is 3.19. The van der Waals surface area contributed by atoms with Gasteiger partial charge < -0.3 is 5.32 Å². The van der Waals surface area contributed by atoms with E-state index in [1.807, 2.05) is 0 Å². The molecular weight excluding hydrogens is 290 g/mol. The molecule has 0 spiro atoms. The molecule has 0 unspecified atom stereocenters. The van der Waals surface area contributed by atoms with Crippen LogP contribution in [0.15, 0.2) is 4.90 Å². The van der Waals surface area contributed by atoms with Crippen molar-refractivity contribution in [3.63, 3.8) is 0 Å². The van der Waals surface area contributed by atoms with Gasteiger partial charge >= 0.3 is 0 Å². The maximum Gasteiger partial charge on any atom is 0.257 e. The third-order valence-electron chi connectivity index (χ3n) is 3.97. The molecule has 1 aliphatic heterocycles. The Kier molecular flexibility index (Phi) is 4.30. The summed E-state index contributed by atoms with van der Waals surface area (Å²) in [5.41, 5.74) is 1.16. The quantitative estimate of drug-likeness (QED) is 0.717. The predicted molar refractivity (Wildman–Crippen MR) is 78.9 cm³/mol. The van der Waals surface area contributed by atoms with Gasteiger partial charge in [-0.15, -0.1) is 4.83 Å². The molecule has 0 amide bonds. The van der Waals surface area contributed by atoms with Crippen LogP contribution < -0.4 is 10.1 Å². The first-order chi connectivity index (χ1) is 10.1. The number of nitrogens with one attached hydrogen (secondary N) is 3. The Hall–Kier alpha value is -0.960. The molecule has 1 aromatic heterocycles. The average molecular weight is 313 g/mol. The topological polar surface area (TPSA) is 90.1 Å². The molecule has 0 radical (unpaired) electrons. The van der Waals surface area contributed by atoms with Gasteiger partial charge in [0.2, 0.25) is 0 Å². The van der Waals surface area contributed by atoms with Gasteiger partial charge in [0.15, 0.2) is 0 Å². The molecule has 21 heavy (non-hydrogen) atoms. The van der Waals surface area contributed by atoms with Crippen molar-refractivity contribution < 1.29 is 8.42 Å². The fourth-order valence-corrected chi connectivity index (χ4v) is 4.17. The summed E-state index contributed by atoms with van der Waals surface area (Å²) in [5.74, 6) is 0. The molecule has 2 aliphatic rings. The van der Waals surface area contributed by atoms with E-state index in [4.69, 9.17) is 0 Å². The zero-order valence-corrected chi connectivity index (χ0v) is 13.2. The number of sulfonamides is 1. The van der Waals surface area contributed by atoms with E-state index in [-0.39, 0.29) is 0 Å². The second kappa shape index (κ2) is 6.04. The minimum absolute atomic E-state index is 0.293. The number of nitrogens with zero attached hydrogens (tertiary/aromatic N) is 2. The number of hydrogen-bond donors (Lipinski definition) is 3. The molecule has 118 valence electrons. The maximum absolute atomic E-state index is 12.6. The van der Waals surface area contributed by atoms with E-state index in [2.05, 4.69) is 20.3 Å². The van der Waals surface area contributed by atoms with Gasteiger partial charge in [-0.25, -0.2) is 13.4 Å². The highest BCUT2D eigenvalue weighted by molar-refractivity contribution is 7.89. The Morgan fingerprint density at radius 2 is 2.00 bits per heavy atom. The normalized spacial score (nSPS) is 20.8. The third-order valence-corrected chi connectivity index (χ3v) is 5.55. The van der Waals surface area contributed by atoms with Crippen molar-refractivity contribution in [3.8, 4) is 0 Å². The zero-order chi connectivity index (χ0) is 14.9. The zero-order valence-electron chi connectivity index (χ0n) is 12.4. The van der Waals surface area contributed by atoms with Crippen molar-refractivity contribution in [3.05, 3.63) is 11.4 Å². The van der Waals surface area contributed by atoms with Crippen LogP contribution >= 0.6 is 0 Å². The number of aromatic amines is 1. The summed E-state index contributed by atoms with van der Waals surface area (Å²) >= 11 is 0. The SMILES string of the molecule is Cc1[nH]nc(CNC2CC2)c1S(=O)(=O)NN1CCCCC1. The van der Waals surface area contributed by atoms with Crippen LogP contribution in [-0.2, 0) is 16.6 Å². The van der Waals surface area contributed by atoms with E-state index in [1.54, 1.807) is 11.9 Å². The highest BCUT2D eigenvalue weighted by Gasteiger charge is 2.28. The van der Waals surface area contributed by atoms with E-state index in [0.29, 0.717) is 28.9 Å². The molecule has 2 fully saturated rings. The first-order valence-corrected chi connectivity index (χ1v) is 9.09. The summed E-state index contributed by atoms with van der Waals surface area (Å²) in [6.07, 6.45) is 5.56. The van der Waals surface area contributed by atoms with Crippen molar-refractivity contribution in [2.45, 2.75) is 56.5 Å². The molecule has 1 aliphatic carbocycles. The lowest BCUT2D eigenvalue weighted by Gasteiger charge is -2.26. The Morgan fingerprint density at radius 3 is 2.67 bits per heavy atom. The van der Waals surface area contributed by atoms with Crippen LogP contribution in [0.25, 0.3) is 0 Å². The van der Waals surface area contributed by atoms with E-state index in [0.717, 1.165) is 38.8 Å². The van der Waals surface area contributed by atoms with Gasteiger partial charge in [0, 0.05) is 25.7 Å². The van der Waals surface area contributed by atoms with Crippen LogP contribution in [0.3, 0.4) is 0 Å². The number of aromatic nitrogens is 2. The smallest absolute Gasteiger partial charge is 0.257 e. The molecule has 1 saturated carbocycles. The summed E-state index contributed by atoms with van der Waals surface area (Å²) in [7, 11) is -3.56. The van der Waals surface area contributed by atoms with Gasteiger partial charge in [0.25, 0.3) is 10.0 Å². The highest BCUT2D eigenvalue weighted by atomic mass is 32.2. The van der Waals surface area contributed by atoms with E-state index < -0.39 is 10.0 Å².